The van der Waals surface area contributed by atoms with Crippen molar-refractivity contribution in [3.05, 3.63) is 45.1 Å². The highest BCUT2D eigenvalue weighted by Gasteiger charge is 2.22. The minimum Gasteiger partial charge on any atom is -0.507 e. The average Bonchev–Trinajstić information content (AvgIpc) is 3.28. The molecule has 0 bridgehead atoms. The van der Waals surface area contributed by atoms with E-state index in [-0.39, 0.29) is 11.8 Å². The van der Waals surface area contributed by atoms with Crippen LogP contribution in [0.15, 0.2) is 23.6 Å². The summed E-state index contributed by atoms with van der Waals surface area (Å²) in [5, 5.41) is 15.4. The summed E-state index contributed by atoms with van der Waals surface area (Å²) in [5.74, 6) is 0.268. The van der Waals surface area contributed by atoms with Gasteiger partial charge >= 0.3 is 0 Å². The fourth-order valence-corrected chi connectivity index (χ4v) is 5.01. The van der Waals surface area contributed by atoms with Crippen molar-refractivity contribution < 1.29 is 9.90 Å². The Morgan fingerprint density at radius 2 is 1.58 bits per heavy atom. The maximum absolute atomic E-state index is 13.2. The number of anilines is 1. The van der Waals surface area contributed by atoms with Gasteiger partial charge in [-0.3, -0.25) is 4.79 Å². The van der Waals surface area contributed by atoms with Crippen molar-refractivity contribution in [2.75, 3.05) is 5.32 Å². The van der Waals surface area contributed by atoms with Crippen molar-refractivity contribution >= 4 is 22.9 Å². The number of carbonyl (C=O) groups excluding carboxylic acids is 1. The number of nitrogens with one attached hydrogen (secondary N) is 1. The molecule has 0 spiro atoms. The molecule has 31 heavy (non-hydrogen) atoms. The van der Waals surface area contributed by atoms with Gasteiger partial charge in [-0.2, -0.15) is 0 Å². The molecule has 1 amide bonds. The third kappa shape index (κ3) is 7.99. The van der Waals surface area contributed by atoms with Gasteiger partial charge in [0.2, 0.25) is 5.91 Å². The Labute approximate surface area is 193 Å². The molecule has 2 N–H and O–H groups in total. The molecule has 1 aromatic carbocycles. The number of hydrogen-bond donors (Lipinski definition) is 2. The summed E-state index contributed by atoms with van der Waals surface area (Å²) in [5.41, 5.74) is 3.36. The topological polar surface area (TPSA) is 49.3 Å². The first kappa shape index (κ1) is 25.5. The second kappa shape index (κ2) is 13.6. The Kier molecular flexibility index (Phi) is 11.1. The largest absolute Gasteiger partial charge is 0.507 e. The van der Waals surface area contributed by atoms with E-state index in [2.05, 4.69) is 18.3 Å². The molecule has 0 fully saturated rings. The number of benzene rings is 1. The van der Waals surface area contributed by atoms with Crippen LogP contribution in [-0.2, 0) is 4.79 Å². The number of phenolic OH excluding ortho intramolecular Hbond substituents is 1. The lowest BCUT2D eigenvalue weighted by atomic mass is 9.96. The number of hydrogen-bond acceptors (Lipinski definition) is 3. The van der Waals surface area contributed by atoms with E-state index in [1.807, 2.05) is 38.3 Å². The van der Waals surface area contributed by atoms with Gasteiger partial charge in [0.05, 0.1) is 5.92 Å². The second-order valence-corrected chi connectivity index (χ2v) is 9.85. The Bertz CT molecular complexity index is 798. The van der Waals surface area contributed by atoms with Gasteiger partial charge in [0.15, 0.2) is 0 Å². The maximum atomic E-state index is 13.2. The summed E-state index contributed by atoms with van der Waals surface area (Å²) in [7, 11) is 0. The number of unbranched alkanes of at least 4 members (excludes halogenated alkanes) is 9. The Morgan fingerprint density at radius 3 is 2.16 bits per heavy atom. The summed E-state index contributed by atoms with van der Waals surface area (Å²) in [6, 6.07) is 5.98. The predicted octanol–water partition coefficient (Wildman–Crippen LogP) is 8.41. The molecular weight excluding hydrogens is 402 g/mol. The number of carbonyl (C=O) groups is 1. The highest BCUT2D eigenvalue weighted by atomic mass is 32.1. The zero-order valence-corrected chi connectivity index (χ0v) is 20.7. The number of aromatic hydroxyl groups is 1. The zero-order valence-electron chi connectivity index (χ0n) is 19.9. The quantitative estimate of drug-likeness (QED) is 0.227. The Morgan fingerprint density at radius 1 is 0.968 bits per heavy atom. The normalized spacial score (nSPS) is 12.1. The maximum Gasteiger partial charge on any atom is 0.232 e. The van der Waals surface area contributed by atoms with Gasteiger partial charge in [-0.05, 0) is 61.4 Å². The van der Waals surface area contributed by atoms with E-state index in [0.29, 0.717) is 5.75 Å². The highest BCUT2D eigenvalue weighted by Crippen LogP contribution is 2.33. The van der Waals surface area contributed by atoms with Crippen LogP contribution in [0, 0.1) is 20.8 Å². The summed E-state index contributed by atoms with van der Waals surface area (Å²) in [6.07, 6.45) is 13.9. The molecule has 4 heteroatoms. The zero-order chi connectivity index (χ0) is 22.6. The molecule has 1 atom stereocenters. The van der Waals surface area contributed by atoms with Gasteiger partial charge in [0.25, 0.3) is 0 Å². The summed E-state index contributed by atoms with van der Waals surface area (Å²) in [6.45, 7) is 7.98. The van der Waals surface area contributed by atoms with E-state index in [4.69, 9.17) is 0 Å². The standard InChI is InChI=1S/C27H41NO2S/c1-5-6-7-8-9-10-11-12-13-14-16-23(25-17-15-18-31-25)27(30)28-24-19-20(2)26(29)22(4)21(24)3/h15,17-19,23,29H,5-14,16H2,1-4H3,(H,28,30)/t23-/m1/s1. The third-order valence-electron chi connectivity index (χ3n) is 6.36. The van der Waals surface area contributed by atoms with Gasteiger partial charge in [-0.15, -0.1) is 11.3 Å². The predicted molar refractivity (Wildman–Crippen MR) is 134 cm³/mol. The molecule has 1 heterocycles. The average molecular weight is 444 g/mol. The van der Waals surface area contributed by atoms with Crippen LogP contribution in [0.25, 0.3) is 0 Å². The molecule has 3 nitrogen and oxygen atoms in total. The number of thiophene rings is 1. The first-order valence-electron chi connectivity index (χ1n) is 12.1. The van der Waals surface area contributed by atoms with Gasteiger partial charge in [0, 0.05) is 10.6 Å². The first-order chi connectivity index (χ1) is 15.0. The monoisotopic (exact) mass is 443 g/mol. The molecule has 0 unspecified atom stereocenters. The number of aryl methyl sites for hydroxylation is 1. The van der Waals surface area contributed by atoms with Crippen LogP contribution in [0.2, 0.25) is 0 Å². The van der Waals surface area contributed by atoms with E-state index in [0.717, 1.165) is 40.1 Å². The minimum absolute atomic E-state index is 0.0611. The molecule has 172 valence electrons. The van der Waals surface area contributed by atoms with Crippen LogP contribution in [0.4, 0.5) is 5.69 Å². The molecule has 0 saturated carbocycles. The van der Waals surface area contributed by atoms with Crippen molar-refractivity contribution in [3.8, 4) is 5.75 Å². The summed E-state index contributed by atoms with van der Waals surface area (Å²) in [4.78, 5) is 14.3. The van der Waals surface area contributed by atoms with E-state index >= 15 is 0 Å². The van der Waals surface area contributed by atoms with Crippen LogP contribution in [0.1, 0.15) is 105 Å². The number of rotatable bonds is 14. The number of amides is 1. The molecule has 2 aromatic rings. The molecule has 0 aliphatic rings. The van der Waals surface area contributed by atoms with E-state index in [1.54, 1.807) is 11.3 Å². The van der Waals surface area contributed by atoms with Crippen molar-refractivity contribution in [3.63, 3.8) is 0 Å². The Hall–Kier alpha value is -1.81. The van der Waals surface area contributed by atoms with Gasteiger partial charge in [-0.1, -0.05) is 77.2 Å². The fraction of sp³-hybridized carbons (Fsp3) is 0.593. The van der Waals surface area contributed by atoms with E-state index in [9.17, 15) is 9.90 Å². The van der Waals surface area contributed by atoms with Crippen LogP contribution in [0.3, 0.4) is 0 Å². The molecule has 2 rings (SSSR count). The van der Waals surface area contributed by atoms with Crippen molar-refractivity contribution in [2.45, 2.75) is 104 Å². The molecule has 0 aliphatic heterocycles. The first-order valence-corrected chi connectivity index (χ1v) is 13.0. The van der Waals surface area contributed by atoms with E-state index < -0.39 is 0 Å². The SMILES string of the molecule is CCCCCCCCCCCC[C@@H](C(=O)Nc1cc(C)c(O)c(C)c1C)c1cccs1. The van der Waals surface area contributed by atoms with Crippen LogP contribution >= 0.6 is 11.3 Å². The second-order valence-electron chi connectivity index (χ2n) is 8.87. The molecule has 0 aliphatic carbocycles. The lowest BCUT2D eigenvalue weighted by Gasteiger charge is -2.19. The summed E-state index contributed by atoms with van der Waals surface area (Å²) < 4.78 is 0. The van der Waals surface area contributed by atoms with Crippen molar-refractivity contribution in [2.24, 2.45) is 0 Å². The van der Waals surface area contributed by atoms with Crippen molar-refractivity contribution in [1.82, 2.24) is 0 Å². The fourth-order valence-electron chi connectivity index (χ4n) is 4.15. The van der Waals surface area contributed by atoms with Gasteiger partial charge < -0.3 is 10.4 Å². The third-order valence-corrected chi connectivity index (χ3v) is 7.35. The van der Waals surface area contributed by atoms with Crippen LogP contribution in [0.5, 0.6) is 5.75 Å². The molecule has 0 radical (unpaired) electrons. The Balaban J connectivity index is 1.86. The van der Waals surface area contributed by atoms with Crippen LogP contribution in [-0.4, -0.2) is 11.0 Å². The minimum atomic E-state index is -0.108. The molecule has 0 saturated heterocycles. The van der Waals surface area contributed by atoms with Gasteiger partial charge in [0.1, 0.15) is 5.75 Å². The lowest BCUT2D eigenvalue weighted by molar-refractivity contribution is -0.117. The van der Waals surface area contributed by atoms with Crippen molar-refractivity contribution in [1.29, 1.82) is 0 Å². The van der Waals surface area contributed by atoms with E-state index in [1.165, 1.54) is 57.8 Å². The molecule has 1 aromatic heterocycles. The van der Waals surface area contributed by atoms with Gasteiger partial charge in [-0.25, -0.2) is 0 Å². The van der Waals surface area contributed by atoms with Crippen LogP contribution < -0.4 is 5.32 Å². The molecular formula is C27H41NO2S. The highest BCUT2D eigenvalue weighted by molar-refractivity contribution is 7.10. The lowest BCUT2D eigenvalue weighted by Crippen LogP contribution is -2.21. The number of phenols is 1. The summed E-state index contributed by atoms with van der Waals surface area (Å²) >= 11 is 1.66. The smallest absolute Gasteiger partial charge is 0.232 e.